The van der Waals surface area contributed by atoms with Gasteiger partial charge in [-0.15, -0.1) is 11.6 Å². The van der Waals surface area contributed by atoms with Crippen LogP contribution in [0.25, 0.3) is 0 Å². The lowest BCUT2D eigenvalue weighted by Gasteiger charge is -2.22. The fraction of sp³-hybridized carbons (Fsp3) is 0.545. The Bertz CT molecular complexity index is 352. The topological polar surface area (TPSA) is 16.1 Å². The minimum Gasteiger partial charge on any atom is -0.351 e. The van der Waals surface area contributed by atoms with E-state index in [0.717, 1.165) is 19.4 Å². The Hall–Kier alpha value is -0.830. The van der Waals surface area contributed by atoms with Crippen LogP contribution in [-0.4, -0.2) is 17.6 Å². The van der Waals surface area contributed by atoms with Crippen LogP contribution < -0.4 is 4.90 Å². The molecule has 0 spiro atoms. The molecule has 0 amide bonds. The molecule has 0 aliphatic heterocycles. The van der Waals surface area contributed by atoms with Gasteiger partial charge in [-0.1, -0.05) is 0 Å². The minimum atomic E-state index is -0.263. The Morgan fingerprint density at radius 1 is 1.60 bits per heavy atom. The molecule has 0 aromatic carbocycles. The van der Waals surface area contributed by atoms with Crippen LogP contribution in [0.2, 0.25) is 0 Å². The van der Waals surface area contributed by atoms with E-state index in [9.17, 15) is 4.39 Å². The van der Waals surface area contributed by atoms with Crippen molar-refractivity contribution >= 4 is 17.4 Å². The van der Waals surface area contributed by atoms with Crippen LogP contribution in [0.4, 0.5) is 10.2 Å². The molecular formula is C11H14ClFN2. The summed E-state index contributed by atoms with van der Waals surface area (Å²) in [6, 6.07) is 2.11. The molecule has 1 aliphatic carbocycles. The van der Waals surface area contributed by atoms with Gasteiger partial charge in [-0.3, -0.25) is 0 Å². The van der Waals surface area contributed by atoms with Crippen LogP contribution in [-0.2, 0) is 5.88 Å². The van der Waals surface area contributed by atoms with Gasteiger partial charge in [-0.05, 0) is 25.8 Å². The maximum Gasteiger partial charge on any atom is 0.170 e. The van der Waals surface area contributed by atoms with Crippen molar-refractivity contribution in [2.45, 2.75) is 31.7 Å². The van der Waals surface area contributed by atoms with Gasteiger partial charge in [0.1, 0.15) is 0 Å². The highest BCUT2D eigenvalue weighted by atomic mass is 35.5. The summed E-state index contributed by atoms with van der Waals surface area (Å²) in [7, 11) is 0. The number of nitrogens with zero attached hydrogens (tertiary/aromatic N) is 2. The molecule has 15 heavy (non-hydrogen) atoms. The largest absolute Gasteiger partial charge is 0.351 e. The highest BCUT2D eigenvalue weighted by Crippen LogP contribution is 2.32. The van der Waals surface area contributed by atoms with Crippen molar-refractivity contribution in [2.75, 3.05) is 11.4 Å². The molecule has 1 aromatic rings. The van der Waals surface area contributed by atoms with Crippen LogP contribution in [0.3, 0.4) is 0 Å². The van der Waals surface area contributed by atoms with Gasteiger partial charge in [0.2, 0.25) is 0 Å². The van der Waals surface area contributed by atoms with E-state index in [-0.39, 0.29) is 11.7 Å². The summed E-state index contributed by atoms with van der Waals surface area (Å²) in [6.45, 7) is 2.81. The van der Waals surface area contributed by atoms with E-state index in [1.54, 1.807) is 12.3 Å². The Morgan fingerprint density at radius 2 is 2.33 bits per heavy atom. The van der Waals surface area contributed by atoms with Crippen molar-refractivity contribution in [3.05, 3.63) is 23.6 Å². The molecule has 1 aromatic heterocycles. The highest BCUT2D eigenvalue weighted by Gasteiger charge is 2.30. The first-order chi connectivity index (χ1) is 7.27. The van der Waals surface area contributed by atoms with E-state index >= 15 is 0 Å². The van der Waals surface area contributed by atoms with Crippen LogP contribution in [0.5, 0.6) is 0 Å². The van der Waals surface area contributed by atoms with Crippen LogP contribution in [0, 0.1) is 5.82 Å². The molecule has 1 heterocycles. The molecule has 0 N–H and O–H groups in total. The van der Waals surface area contributed by atoms with Crippen molar-refractivity contribution in [1.82, 2.24) is 4.98 Å². The first-order valence-electron chi connectivity index (χ1n) is 5.24. The Morgan fingerprint density at radius 3 is 2.87 bits per heavy atom. The molecule has 0 bridgehead atoms. The zero-order valence-electron chi connectivity index (χ0n) is 8.71. The average Bonchev–Trinajstić information content (AvgIpc) is 3.06. The van der Waals surface area contributed by atoms with Gasteiger partial charge >= 0.3 is 0 Å². The first kappa shape index (κ1) is 10.7. The second kappa shape index (κ2) is 4.35. The molecule has 1 saturated carbocycles. The van der Waals surface area contributed by atoms with E-state index in [1.807, 2.05) is 11.8 Å². The van der Waals surface area contributed by atoms with E-state index in [0.29, 0.717) is 17.4 Å². The zero-order valence-corrected chi connectivity index (χ0v) is 9.47. The van der Waals surface area contributed by atoms with Crippen LogP contribution in [0.15, 0.2) is 12.3 Å². The van der Waals surface area contributed by atoms with Crippen LogP contribution >= 0.6 is 11.6 Å². The SMILES string of the molecule is CCN(c1nccc(CCl)c1F)C1CC1. The number of anilines is 1. The lowest BCUT2D eigenvalue weighted by atomic mass is 10.2. The van der Waals surface area contributed by atoms with Gasteiger partial charge in [0.05, 0.1) is 5.88 Å². The summed E-state index contributed by atoms with van der Waals surface area (Å²) >= 11 is 5.66. The third kappa shape index (κ3) is 2.07. The fourth-order valence-electron chi connectivity index (χ4n) is 1.74. The van der Waals surface area contributed by atoms with Crippen molar-refractivity contribution < 1.29 is 4.39 Å². The molecular weight excluding hydrogens is 215 g/mol. The van der Waals surface area contributed by atoms with Crippen molar-refractivity contribution in [2.24, 2.45) is 0 Å². The molecule has 0 radical (unpaired) electrons. The molecule has 0 saturated heterocycles. The second-order valence-electron chi connectivity index (χ2n) is 3.76. The maximum absolute atomic E-state index is 13.9. The van der Waals surface area contributed by atoms with Gasteiger partial charge < -0.3 is 4.90 Å². The summed E-state index contributed by atoms with van der Waals surface area (Å²) in [4.78, 5) is 6.13. The molecule has 2 rings (SSSR count). The Labute approximate surface area is 94.1 Å². The lowest BCUT2D eigenvalue weighted by molar-refractivity contribution is 0.599. The Balaban J connectivity index is 2.33. The van der Waals surface area contributed by atoms with Gasteiger partial charge in [0.25, 0.3) is 0 Å². The number of hydrogen-bond donors (Lipinski definition) is 0. The van der Waals surface area contributed by atoms with Gasteiger partial charge in [0.15, 0.2) is 11.6 Å². The summed E-state index contributed by atoms with van der Waals surface area (Å²) in [5.41, 5.74) is 0.528. The number of halogens is 2. The first-order valence-corrected chi connectivity index (χ1v) is 5.77. The minimum absolute atomic E-state index is 0.198. The third-order valence-electron chi connectivity index (χ3n) is 2.70. The summed E-state index contributed by atoms with van der Waals surface area (Å²) in [5.74, 6) is 0.392. The normalized spacial score (nSPS) is 15.4. The average molecular weight is 229 g/mol. The number of hydrogen-bond acceptors (Lipinski definition) is 2. The van der Waals surface area contributed by atoms with E-state index < -0.39 is 0 Å². The molecule has 4 heteroatoms. The predicted octanol–water partition coefficient (Wildman–Crippen LogP) is 2.95. The molecule has 2 nitrogen and oxygen atoms in total. The fourth-order valence-corrected chi connectivity index (χ4v) is 1.95. The maximum atomic E-state index is 13.9. The molecule has 82 valence electrons. The number of rotatable bonds is 4. The molecule has 0 atom stereocenters. The zero-order chi connectivity index (χ0) is 10.8. The van der Waals surface area contributed by atoms with Crippen molar-refractivity contribution in [3.8, 4) is 0 Å². The quantitative estimate of drug-likeness (QED) is 0.737. The van der Waals surface area contributed by atoms with E-state index in [2.05, 4.69) is 4.98 Å². The lowest BCUT2D eigenvalue weighted by Crippen LogP contribution is -2.27. The smallest absolute Gasteiger partial charge is 0.170 e. The second-order valence-corrected chi connectivity index (χ2v) is 4.03. The number of alkyl halides is 1. The van der Waals surface area contributed by atoms with Crippen LogP contribution in [0.1, 0.15) is 25.3 Å². The summed E-state index contributed by atoms with van der Waals surface area (Å²) in [6.07, 6.45) is 3.90. The summed E-state index contributed by atoms with van der Waals surface area (Å²) < 4.78 is 13.9. The van der Waals surface area contributed by atoms with E-state index in [1.165, 1.54) is 0 Å². The number of aromatic nitrogens is 1. The third-order valence-corrected chi connectivity index (χ3v) is 2.98. The molecule has 0 unspecified atom stereocenters. The Kier molecular flexibility index (Phi) is 3.10. The van der Waals surface area contributed by atoms with Crippen molar-refractivity contribution in [1.29, 1.82) is 0 Å². The highest BCUT2D eigenvalue weighted by molar-refractivity contribution is 6.17. The monoisotopic (exact) mass is 228 g/mol. The standard InChI is InChI=1S/C11H14ClFN2/c1-2-15(9-3-4-9)11-10(13)8(7-12)5-6-14-11/h5-6,9H,2-4,7H2,1H3. The van der Waals surface area contributed by atoms with Gasteiger partial charge in [0, 0.05) is 24.3 Å². The van der Waals surface area contributed by atoms with Crippen molar-refractivity contribution in [3.63, 3.8) is 0 Å². The van der Waals surface area contributed by atoms with E-state index in [4.69, 9.17) is 11.6 Å². The predicted molar refractivity (Wildman–Crippen MR) is 59.8 cm³/mol. The van der Waals surface area contributed by atoms with Gasteiger partial charge in [-0.2, -0.15) is 0 Å². The molecule has 1 fully saturated rings. The molecule has 1 aliphatic rings. The summed E-state index contributed by atoms with van der Waals surface area (Å²) in [5, 5.41) is 0. The van der Waals surface area contributed by atoms with Gasteiger partial charge in [-0.25, -0.2) is 9.37 Å². The number of pyridine rings is 1.